The predicted octanol–water partition coefficient (Wildman–Crippen LogP) is 5.07. The third-order valence-corrected chi connectivity index (χ3v) is 4.51. The molecule has 0 bridgehead atoms. The second-order valence-corrected chi connectivity index (χ2v) is 6.88. The van der Waals surface area contributed by atoms with Gasteiger partial charge in [0.2, 0.25) is 0 Å². The average molecular weight is 361 g/mol. The summed E-state index contributed by atoms with van der Waals surface area (Å²) in [5, 5.41) is 4.89. The maximum atomic E-state index is 12.3. The van der Waals surface area contributed by atoms with E-state index in [1.54, 1.807) is 12.1 Å². The molecule has 0 heterocycles. The Balaban J connectivity index is 1.66. The summed E-state index contributed by atoms with van der Waals surface area (Å²) < 4.78 is 5.20. The summed E-state index contributed by atoms with van der Waals surface area (Å²) in [7, 11) is 0. The monoisotopic (exact) mass is 361 g/mol. The van der Waals surface area contributed by atoms with Crippen molar-refractivity contribution in [2.24, 2.45) is 0 Å². The van der Waals surface area contributed by atoms with Crippen molar-refractivity contribution in [1.29, 1.82) is 0 Å². The van der Waals surface area contributed by atoms with Crippen molar-refractivity contribution in [1.82, 2.24) is 0 Å². The highest BCUT2D eigenvalue weighted by molar-refractivity contribution is 5.98. The number of amides is 1. The van der Waals surface area contributed by atoms with Crippen molar-refractivity contribution in [2.45, 2.75) is 26.7 Å². The van der Waals surface area contributed by atoms with E-state index in [2.05, 4.69) is 19.2 Å². The van der Waals surface area contributed by atoms with Gasteiger partial charge in [0.1, 0.15) is 0 Å². The number of carbonyl (C=O) groups excluding carboxylic acids is 2. The maximum Gasteiger partial charge on any atom is 0.338 e. The molecule has 0 atom stereocenters. The van der Waals surface area contributed by atoms with E-state index in [-0.39, 0.29) is 18.4 Å². The van der Waals surface area contributed by atoms with Gasteiger partial charge >= 0.3 is 5.97 Å². The van der Waals surface area contributed by atoms with Gasteiger partial charge in [0.05, 0.1) is 5.56 Å². The molecule has 0 saturated heterocycles. The Morgan fingerprint density at radius 3 is 2.44 bits per heavy atom. The van der Waals surface area contributed by atoms with E-state index in [9.17, 15) is 9.59 Å². The quantitative estimate of drug-likeness (QED) is 0.646. The molecule has 1 amide bonds. The Labute approximate surface area is 159 Å². The molecule has 1 N–H and O–H groups in total. The van der Waals surface area contributed by atoms with Crippen LogP contribution in [0.5, 0.6) is 0 Å². The van der Waals surface area contributed by atoms with Crippen molar-refractivity contribution in [3.63, 3.8) is 0 Å². The Bertz CT molecular complexity index is 992. The van der Waals surface area contributed by atoms with Gasteiger partial charge in [0.25, 0.3) is 5.91 Å². The first-order chi connectivity index (χ1) is 13.0. The summed E-state index contributed by atoms with van der Waals surface area (Å²) >= 11 is 0. The first-order valence-electron chi connectivity index (χ1n) is 9.01. The fourth-order valence-corrected chi connectivity index (χ4v) is 3.05. The van der Waals surface area contributed by atoms with Crippen LogP contribution in [0.25, 0.3) is 10.8 Å². The second-order valence-electron chi connectivity index (χ2n) is 6.88. The minimum absolute atomic E-state index is 0.278. The molecule has 3 aromatic rings. The molecule has 0 aliphatic carbocycles. The van der Waals surface area contributed by atoms with Crippen molar-refractivity contribution >= 4 is 28.3 Å². The molecule has 0 aromatic heterocycles. The van der Waals surface area contributed by atoms with E-state index in [1.165, 1.54) is 0 Å². The smallest absolute Gasteiger partial charge is 0.338 e. The van der Waals surface area contributed by atoms with E-state index >= 15 is 0 Å². The van der Waals surface area contributed by atoms with Crippen LogP contribution < -0.4 is 5.32 Å². The number of fused-ring (bicyclic) bond motifs is 1. The lowest BCUT2D eigenvalue weighted by Gasteiger charge is -2.16. The van der Waals surface area contributed by atoms with Crippen molar-refractivity contribution in [3.8, 4) is 0 Å². The highest BCUT2D eigenvalue weighted by Crippen LogP contribution is 2.27. The van der Waals surface area contributed by atoms with E-state index in [0.717, 1.165) is 27.6 Å². The van der Waals surface area contributed by atoms with Crippen LogP contribution in [0.15, 0.2) is 60.7 Å². The molecule has 0 spiro atoms. The summed E-state index contributed by atoms with van der Waals surface area (Å²) in [6, 6.07) is 19.0. The molecule has 0 unspecified atom stereocenters. The number of esters is 1. The molecule has 4 nitrogen and oxygen atoms in total. The number of aryl methyl sites for hydroxylation is 1. The zero-order valence-corrected chi connectivity index (χ0v) is 15.8. The van der Waals surface area contributed by atoms with E-state index < -0.39 is 5.97 Å². The molecule has 138 valence electrons. The van der Waals surface area contributed by atoms with Gasteiger partial charge in [0.15, 0.2) is 6.61 Å². The number of carbonyl (C=O) groups is 2. The second kappa shape index (κ2) is 8.04. The minimum Gasteiger partial charge on any atom is -0.452 e. The molecule has 3 rings (SSSR count). The summed E-state index contributed by atoms with van der Waals surface area (Å²) in [6.45, 7) is 5.77. The molecule has 27 heavy (non-hydrogen) atoms. The highest BCUT2D eigenvalue weighted by Gasteiger charge is 2.14. The molecule has 0 aliphatic heterocycles. The van der Waals surface area contributed by atoms with Gasteiger partial charge in [-0.15, -0.1) is 0 Å². The first-order valence-corrected chi connectivity index (χ1v) is 9.01. The fraction of sp³-hybridized carbons (Fsp3) is 0.217. The normalized spacial score (nSPS) is 10.8. The lowest BCUT2D eigenvalue weighted by molar-refractivity contribution is -0.119. The van der Waals surface area contributed by atoms with Crippen LogP contribution in [0.2, 0.25) is 0 Å². The van der Waals surface area contributed by atoms with Crippen LogP contribution in [0.3, 0.4) is 0 Å². The Kier molecular flexibility index (Phi) is 5.55. The third-order valence-electron chi connectivity index (χ3n) is 4.51. The number of hydrogen-bond donors (Lipinski definition) is 1. The highest BCUT2D eigenvalue weighted by atomic mass is 16.5. The van der Waals surface area contributed by atoms with Gasteiger partial charge in [-0.1, -0.05) is 62.4 Å². The van der Waals surface area contributed by atoms with Gasteiger partial charge in [-0.25, -0.2) is 4.79 Å². The van der Waals surface area contributed by atoms with Crippen LogP contribution in [0.4, 0.5) is 5.69 Å². The molecule has 0 radical (unpaired) electrons. The largest absolute Gasteiger partial charge is 0.452 e. The molecular formula is C23H23NO3. The number of anilines is 1. The van der Waals surface area contributed by atoms with Gasteiger partial charge in [0, 0.05) is 5.69 Å². The Morgan fingerprint density at radius 1 is 0.963 bits per heavy atom. The van der Waals surface area contributed by atoms with Crippen LogP contribution in [0.1, 0.15) is 41.3 Å². The van der Waals surface area contributed by atoms with E-state index in [0.29, 0.717) is 5.56 Å². The number of nitrogens with one attached hydrogen (secondary N) is 1. The zero-order valence-electron chi connectivity index (χ0n) is 15.8. The first kappa shape index (κ1) is 18.6. The predicted molar refractivity (Wildman–Crippen MR) is 108 cm³/mol. The molecule has 3 aromatic carbocycles. The molecular weight excluding hydrogens is 338 g/mol. The van der Waals surface area contributed by atoms with Crippen LogP contribution >= 0.6 is 0 Å². The van der Waals surface area contributed by atoms with Crippen LogP contribution in [0, 0.1) is 6.92 Å². The molecule has 4 heteroatoms. The zero-order chi connectivity index (χ0) is 19.4. The molecule has 0 aliphatic rings. The third kappa shape index (κ3) is 4.34. The van der Waals surface area contributed by atoms with Crippen LogP contribution in [-0.4, -0.2) is 18.5 Å². The summed E-state index contributed by atoms with van der Waals surface area (Å²) in [5.41, 5.74) is 3.26. The van der Waals surface area contributed by atoms with Gasteiger partial charge < -0.3 is 10.1 Å². The summed E-state index contributed by atoms with van der Waals surface area (Å²) in [5.74, 6) is -0.578. The SMILES string of the molecule is Cc1cccc(C(C)C)c1NC(=O)COC(=O)c1ccc2ccccc2c1. The lowest BCUT2D eigenvalue weighted by Crippen LogP contribution is -2.22. The van der Waals surface area contributed by atoms with Crippen molar-refractivity contribution in [3.05, 3.63) is 77.4 Å². The van der Waals surface area contributed by atoms with Crippen molar-refractivity contribution in [2.75, 3.05) is 11.9 Å². The van der Waals surface area contributed by atoms with Crippen molar-refractivity contribution < 1.29 is 14.3 Å². The van der Waals surface area contributed by atoms with Gasteiger partial charge in [-0.05, 0) is 46.9 Å². The number of benzene rings is 3. The number of rotatable bonds is 5. The minimum atomic E-state index is -0.509. The maximum absolute atomic E-state index is 12.3. The topological polar surface area (TPSA) is 55.4 Å². The lowest BCUT2D eigenvalue weighted by atomic mass is 9.98. The Hall–Kier alpha value is -3.14. The summed E-state index contributed by atoms with van der Waals surface area (Å²) in [4.78, 5) is 24.6. The fourth-order valence-electron chi connectivity index (χ4n) is 3.05. The standard InChI is InChI=1S/C23H23NO3/c1-15(2)20-10-6-7-16(3)22(20)24-21(25)14-27-23(26)19-12-11-17-8-4-5-9-18(17)13-19/h4-13,15H,14H2,1-3H3,(H,24,25). The average Bonchev–Trinajstić information content (AvgIpc) is 2.67. The van der Waals surface area contributed by atoms with Gasteiger partial charge in [-0.2, -0.15) is 0 Å². The number of para-hydroxylation sites is 1. The van der Waals surface area contributed by atoms with E-state index in [4.69, 9.17) is 4.74 Å². The Morgan fingerprint density at radius 2 is 1.70 bits per heavy atom. The van der Waals surface area contributed by atoms with Crippen LogP contribution in [-0.2, 0) is 9.53 Å². The molecule has 0 fully saturated rings. The summed E-state index contributed by atoms with van der Waals surface area (Å²) in [6.07, 6.45) is 0. The number of ether oxygens (including phenoxy) is 1. The van der Waals surface area contributed by atoms with E-state index in [1.807, 2.05) is 55.5 Å². The number of hydrogen-bond acceptors (Lipinski definition) is 3. The van der Waals surface area contributed by atoms with Gasteiger partial charge in [-0.3, -0.25) is 4.79 Å². The molecule has 0 saturated carbocycles.